The Hall–Kier alpha value is -0.440. The molecule has 0 aliphatic rings. The van der Waals surface area contributed by atoms with E-state index in [2.05, 4.69) is 15.9 Å². The number of thiophene rings is 1. The molecule has 8 heteroatoms. The number of aliphatic carboxylic acids is 1. The van der Waals surface area contributed by atoms with Gasteiger partial charge in [-0.2, -0.15) is 4.31 Å². The highest BCUT2D eigenvalue weighted by atomic mass is 79.9. The van der Waals surface area contributed by atoms with Crippen LogP contribution in [-0.2, 0) is 14.8 Å². The van der Waals surface area contributed by atoms with Crippen molar-refractivity contribution in [3.8, 4) is 0 Å². The van der Waals surface area contributed by atoms with Crippen LogP contribution in [0.25, 0.3) is 0 Å². The topological polar surface area (TPSA) is 74.7 Å². The summed E-state index contributed by atoms with van der Waals surface area (Å²) in [6.45, 7) is 5.17. The molecule has 0 atom stereocenters. The van der Waals surface area contributed by atoms with Crippen molar-refractivity contribution in [3.05, 3.63) is 14.7 Å². The molecule has 19 heavy (non-hydrogen) atoms. The van der Waals surface area contributed by atoms with E-state index >= 15 is 0 Å². The van der Waals surface area contributed by atoms with Crippen LogP contribution in [0.1, 0.15) is 25.1 Å². The third-order valence-electron chi connectivity index (χ3n) is 2.55. The van der Waals surface area contributed by atoms with Gasteiger partial charge in [0, 0.05) is 17.5 Å². The van der Waals surface area contributed by atoms with Gasteiger partial charge in [0.2, 0.25) is 10.0 Å². The molecule has 0 aliphatic heterocycles. The van der Waals surface area contributed by atoms with E-state index in [4.69, 9.17) is 5.11 Å². The number of halogens is 1. The van der Waals surface area contributed by atoms with E-state index in [0.29, 0.717) is 4.88 Å². The maximum absolute atomic E-state index is 12.5. The van der Waals surface area contributed by atoms with E-state index < -0.39 is 16.0 Å². The predicted octanol–water partition coefficient (Wildman–Crippen LogP) is 2.69. The van der Waals surface area contributed by atoms with Crippen molar-refractivity contribution in [2.45, 2.75) is 38.1 Å². The van der Waals surface area contributed by atoms with E-state index in [1.54, 1.807) is 26.8 Å². The largest absolute Gasteiger partial charge is 0.481 e. The highest BCUT2D eigenvalue weighted by Crippen LogP contribution is 2.32. The number of aryl methyl sites for hydroxylation is 1. The first kappa shape index (κ1) is 16.6. The molecule has 1 rings (SSSR count). The van der Waals surface area contributed by atoms with E-state index in [-0.39, 0.29) is 23.9 Å². The summed E-state index contributed by atoms with van der Waals surface area (Å²) in [5.41, 5.74) is 0. The maximum atomic E-state index is 12.5. The number of carbonyl (C=O) groups is 1. The van der Waals surface area contributed by atoms with Crippen molar-refractivity contribution in [2.75, 3.05) is 6.54 Å². The third-order valence-corrected chi connectivity index (χ3v) is 6.44. The van der Waals surface area contributed by atoms with E-state index in [9.17, 15) is 13.2 Å². The van der Waals surface area contributed by atoms with Crippen LogP contribution in [0.5, 0.6) is 0 Å². The van der Waals surface area contributed by atoms with Crippen molar-refractivity contribution >= 4 is 43.3 Å². The quantitative estimate of drug-likeness (QED) is 0.836. The number of nitrogens with zero attached hydrogens (tertiary/aromatic N) is 1. The summed E-state index contributed by atoms with van der Waals surface area (Å²) in [6, 6.07) is 1.27. The summed E-state index contributed by atoms with van der Waals surface area (Å²) in [5, 5.41) is 8.71. The Morgan fingerprint density at radius 3 is 2.47 bits per heavy atom. The summed E-state index contributed by atoms with van der Waals surface area (Å²) in [7, 11) is -3.66. The monoisotopic (exact) mass is 369 g/mol. The van der Waals surface area contributed by atoms with E-state index in [0.717, 1.165) is 3.79 Å². The summed E-state index contributed by atoms with van der Waals surface area (Å²) in [5.74, 6) is -1.01. The number of carboxylic acid groups (broad SMARTS) is 1. The first-order chi connectivity index (χ1) is 8.66. The summed E-state index contributed by atoms with van der Waals surface area (Å²) >= 11 is 4.61. The summed E-state index contributed by atoms with van der Waals surface area (Å²) in [4.78, 5) is 11.6. The molecule has 1 N–H and O–H groups in total. The molecule has 0 aliphatic carbocycles. The molecular weight excluding hydrogens is 354 g/mol. The molecule has 0 aromatic carbocycles. The van der Waals surface area contributed by atoms with Crippen LogP contribution in [0.3, 0.4) is 0 Å². The van der Waals surface area contributed by atoms with Crippen molar-refractivity contribution in [1.29, 1.82) is 0 Å². The SMILES string of the molecule is Cc1sc(Br)cc1S(=O)(=O)N(CCC(=O)O)C(C)C. The lowest BCUT2D eigenvalue weighted by Gasteiger charge is -2.25. The Morgan fingerprint density at radius 1 is 1.53 bits per heavy atom. The lowest BCUT2D eigenvalue weighted by molar-refractivity contribution is -0.137. The molecule has 1 aromatic rings. The number of hydrogen-bond donors (Lipinski definition) is 1. The van der Waals surface area contributed by atoms with E-state index in [1.165, 1.54) is 15.6 Å². The van der Waals surface area contributed by atoms with Crippen LogP contribution >= 0.6 is 27.3 Å². The first-order valence-corrected chi connectivity index (χ1v) is 8.70. The molecule has 1 aromatic heterocycles. The molecule has 5 nitrogen and oxygen atoms in total. The minimum Gasteiger partial charge on any atom is -0.481 e. The zero-order chi connectivity index (χ0) is 14.8. The molecule has 0 saturated heterocycles. The summed E-state index contributed by atoms with van der Waals surface area (Å²) < 4.78 is 27.0. The van der Waals surface area contributed by atoms with Crippen LogP contribution in [0.2, 0.25) is 0 Å². The van der Waals surface area contributed by atoms with Gasteiger partial charge in [-0.25, -0.2) is 8.42 Å². The van der Waals surface area contributed by atoms with Gasteiger partial charge < -0.3 is 5.11 Å². The Kier molecular flexibility index (Phi) is 5.54. The van der Waals surface area contributed by atoms with Crippen LogP contribution in [0.15, 0.2) is 14.7 Å². The maximum Gasteiger partial charge on any atom is 0.304 e. The fraction of sp³-hybridized carbons (Fsp3) is 0.545. The number of rotatable bonds is 6. The molecule has 0 fully saturated rings. The standard InChI is InChI=1S/C11H16BrNO4S2/c1-7(2)13(5-4-11(14)15)19(16,17)9-6-10(12)18-8(9)3/h6-7H,4-5H2,1-3H3,(H,14,15). The van der Waals surface area contributed by atoms with Crippen LogP contribution in [0.4, 0.5) is 0 Å². The third kappa shape index (κ3) is 4.01. The fourth-order valence-corrected chi connectivity index (χ4v) is 5.70. The first-order valence-electron chi connectivity index (χ1n) is 5.66. The van der Waals surface area contributed by atoms with Gasteiger partial charge in [0.15, 0.2) is 0 Å². The second kappa shape index (κ2) is 6.34. The average Bonchev–Trinajstić information content (AvgIpc) is 2.57. The molecular formula is C11H16BrNO4S2. The Bertz CT molecular complexity index is 565. The number of sulfonamides is 1. The highest BCUT2D eigenvalue weighted by molar-refractivity contribution is 9.11. The average molecular weight is 370 g/mol. The smallest absolute Gasteiger partial charge is 0.304 e. The van der Waals surface area contributed by atoms with Gasteiger partial charge in [-0.15, -0.1) is 11.3 Å². The summed E-state index contributed by atoms with van der Waals surface area (Å²) in [6.07, 6.45) is -0.207. The highest BCUT2D eigenvalue weighted by Gasteiger charge is 2.29. The lowest BCUT2D eigenvalue weighted by atomic mass is 10.3. The zero-order valence-corrected chi connectivity index (χ0v) is 14.1. The molecule has 0 unspecified atom stereocenters. The lowest BCUT2D eigenvalue weighted by Crippen LogP contribution is -2.38. The molecule has 0 spiro atoms. The minimum absolute atomic E-state index is 0.0256. The molecule has 0 saturated carbocycles. The van der Waals surface area contributed by atoms with Gasteiger partial charge in [-0.1, -0.05) is 0 Å². The van der Waals surface area contributed by atoms with E-state index in [1.807, 2.05) is 0 Å². The number of carboxylic acids is 1. The van der Waals surface area contributed by atoms with Gasteiger partial charge >= 0.3 is 5.97 Å². The minimum atomic E-state index is -3.66. The van der Waals surface area contributed by atoms with Crippen LogP contribution < -0.4 is 0 Å². The molecule has 108 valence electrons. The van der Waals surface area contributed by atoms with Gasteiger partial charge in [-0.3, -0.25) is 4.79 Å². The Labute approximate surface area is 125 Å². The zero-order valence-electron chi connectivity index (χ0n) is 10.9. The molecule has 0 bridgehead atoms. The fourth-order valence-electron chi connectivity index (χ4n) is 1.67. The Balaban J connectivity index is 3.13. The predicted molar refractivity (Wildman–Crippen MR) is 78.0 cm³/mol. The van der Waals surface area contributed by atoms with Crippen LogP contribution in [-0.4, -0.2) is 36.4 Å². The van der Waals surface area contributed by atoms with Gasteiger partial charge in [0.05, 0.1) is 15.1 Å². The second-order valence-electron chi connectivity index (χ2n) is 4.32. The van der Waals surface area contributed by atoms with Crippen molar-refractivity contribution in [3.63, 3.8) is 0 Å². The van der Waals surface area contributed by atoms with Crippen molar-refractivity contribution < 1.29 is 18.3 Å². The normalized spacial score (nSPS) is 12.3. The molecule has 0 radical (unpaired) electrons. The number of hydrogen-bond acceptors (Lipinski definition) is 4. The van der Waals surface area contributed by atoms with Gasteiger partial charge in [-0.05, 0) is 42.8 Å². The van der Waals surface area contributed by atoms with Gasteiger partial charge in [0.25, 0.3) is 0 Å². The molecule has 0 amide bonds. The van der Waals surface area contributed by atoms with Crippen molar-refractivity contribution in [2.24, 2.45) is 0 Å². The Morgan fingerprint density at radius 2 is 2.11 bits per heavy atom. The molecule has 1 heterocycles. The van der Waals surface area contributed by atoms with Crippen molar-refractivity contribution in [1.82, 2.24) is 4.31 Å². The van der Waals surface area contributed by atoms with Crippen LogP contribution in [0, 0.1) is 6.92 Å². The van der Waals surface area contributed by atoms with Gasteiger partial charge in [0.1, 0.15) is 0 Å². The second-order valence-corrected chi connectivity index (χ2v) is 8.82.